The standard InChI is InChI=1S/C15H14ClN3O3/c1-7-11-13(20)14(21)12(17-15(11)19(2)18-7)9-5-4-8(22-3)6-10(9)16/h4-6,21H,1-3H3,(H,17,20). The average molecular weight is 320 g/mol. The molecule has 0 spiro atoms. The number of fused-ring (bicyclic) bond motifs is 1. The molecule has 0 fully saturated rings. The van der Waals surface area contributed by atoms with Crippen LogP contribution in [0.5, 0.6) is 11.5 Å². The first-order valence-corrected chi connectivity index (χ1v) is 6.94. The quantitative estimate of drug-likeness (QED) is 0.761. The van der Waals surface area contributed by atoms with Crippen molar-refractivity contribution >= 4 is 22.6 Å². The molecule has 0 aliphatic rings. The van der Waals surface area contributed by atoms with Gasteiger partial charge in [-0.3, -0.25) is 9.48 Å². The summed E-state index contributed by atoms with van der Waals surface area (Å²) in [5.74, 6) is 0.212. The smallest absolute Gasteiger partial charge is 0.235 e. The van der Waals surface area contributed by atoms with E-state index < -0.39 is 5.43 Å². The molecule has 3 rings (SSSR count). The van der Waals surface area contributed by atoms with Crippen LogP contribution in [-0.4, -0.2) is 27.0 Å². The molecule has 0 aliphatic carbocycles. The monoisotopic (exact) mass is 319 g/mol. The number of halogens is 1. The van der Waals surface area contributed by atoms with E-state index in [4.69, 9.17) is 16.3 Å². The molecule has 22 heavy (non-hydrogen) atoms. The molecule has 0 unspecified atom stereocenters. The van der Waals surface area contributed by atoms with Gasteiger partial charge < -0.3 is 14.8 Å². The van der Waals surface area contributed by atoms with Crippen LogP contribution in [0.4, 0.5) is 0 Å². The fraction of sp³-hybridized carbons (Fsp3) is 0.200. The zero-order valence-electron chi connectivity index (χ0n) is 12.3. The molecule has 0 amide bonds. The second-order valence-corrected chi connectivity index (χ2v) is 5.36. The summed E-state index contributed by atoms with van der Waals surface area (Å²) in [6, 6.07) is 5.01. The predicted octanol–water partition coefficient (Wildman–Crippen LogP) is 2.60. The number of rotatable bonds is 2. The molecule has 7 heteroatoms. The number of methoxy groups -OCH3 is 1. The number of aromatic hydroxyl groups is 1. The Morgan fingerprint density at radius 3 is 2.77 bits per heavy atom. The number of hydrogen-bond donors (Lipinski definition) is 2. The van der Waals surface area contributed by atoms with E-state index in [9.17, 15) is 9.90 Å². The molecular weight excluding hydrogens is 306 g/mol. The molecule has 0 aliphatic heterocycles. The van der Waals surface area contributed by atoms with Crippen molar-refractivity contribution in [1.82, 2.24) is 14.8 Å². The SMILES string of the molecule is COc1ccc(-c2[nH]c3c(c(C)nn3C)c(=O)c2O)c(Cl)c1. The van der Waals surface area contributed by atoms with Gasteiger partial charge in [0, 0.05) is 12.6 Å². The Hall–Kier alpha value is -2.47. The van der Waals surface area contributed by atoms with E-state index in [1.165, 1.54) is 7.11 Å². The summed E-state index contributed by atoms with van der Waals surface area (Å²) in [5, 5.41) is 15.2. The van der Waals surface area contributed by atoms with Gasteiger partial charge in [0.1, 0.15) is 11.4 Å². The first-order valence-electron chi connectivity index (χ1n) is 6.56. The lowest BCUT2D eigenvalue weighted by molar-refractivity contribution is 0.415. The fourth-order valence-electron chi connectivity index (χ4n) is 2.50. The van der Waals surface area contributed by atoms with Gasteiger partial charge in [-0.15, -0.1) is 0 Å². The lowest BCUT2D eigenvalue weighted by Gasteiger charge is -2.09. The summed E-state index contributed by atoms with van der Waals surface area (Å²) in [7, 11) is 3.26. The molecule has 6 nitrogen and oxygen atoms in total. The van der Waals surface area contributed by atoms with Crippen LogP contribution < -0.4 is 10.2 Å². The van der Waals surface area contributed by atoms with Gasteiger partial charge in [0.15, 0.2) is 5.75 Å². The number of H-pyrrole nitrogens is 1. The van der Waals surface area contributed by atoms with E-state index in [0.29, 0.717) is 33.1 Å². The lowest BCUT2D eigenvalue weighted by atomic mass is 10.1. The normalized spacial score (nSPS) is 11.1. The Kier molecular flexibility index (Phi) is 3.33. The van der Waals surface area contributed by atoms with Crippen molar-refractivity contribution in [2.75, 3.05) is 7.11 Å². The molecule has 0 bridgehead atoms. The average Bonchev–Trinajstić information content (AvgIpc) is 2.77. The predicted molar refractivity (Wildman–Crippen MR) is 84.7 cm³/mol. The van der Waals surface area contributed by atoms with Crippen LogP contribution in [-0.2, 0) is 7.05 Å². The summed E-state index contributed by atoms with van der Waals surface area (Å²) in [5.41, 5.74) is 1.39. The minimum absolute atomic E-state index is 0.258. The number of aromatic amines is 1. The number of hydrogen-bond acceptors (Lipinski definition) is 4. The van der Waals surface area contributed by atoms with Crippen molar-refractivity contribution in [2.24, 2.45) is 7.05 Å². The second-order valence-electron chi connectivity index (χ2n) is 4.96. The maximum absolute atomic E-state index is 12.4. The lowest BCUT2D eigenvalue weighted by Crippen LogP contribution is -2.06. The first kappa shape index (κ1) is 14.5. The Labute approximate surface area is 130 Å². The Morgan fingerprint density at radius 2 is 2.14 bits per heavy atom. The van der Waals surface area contributed by atoms with E-state index in [1.807, 2.05) is 0 Å². The summed E-state index contributed by atoms with van der Waals surface area (Å²) in [4.78, 5) is 15.4. The third kappa shape index (κ3) is 2.03. The summed E-state index contributed by atoms with van der Waals surface area (Å²) in [6.07, 6.45) is 0. The summed E-state index contributed by atoms with van der Waals surface area (Å²) < 4.78 is 6.66. The van der Waals surface area contributed by atoms with Crippen LogP contribution in [0.25, 0.3) is 22.3 Å². The Balaban J connectivity index is 2.35. The van der Waals surface area contributed by atoms with Crippen LogP contribution in [0.3, 0.4) is 0 Å². The topological polar surface area (TPSA) is 80.1 Å². The van der Waals surface area contributed by atoms with E-state index in [1.54, 1.807) is 36.9 Å². The Morgan fingerprint density at radius 1 is 1.41 bits per heavy atom. The van der Waals surface area contributed by atoms with Crippen molar-refractivity contribution in [3.05, 3.63) is 39.1 Å². The molecule has 2 aromatic heterocycles. The molecule has 0 saturated carbocycles. The van der Waals surface area contributed by atoms with E-state index in [0.717, 1.165) is 0 Å². The van der Waals surface area contributed by atoms with Crippen molar-refractivity contribution in [1.29, 1.82) is 0 Å². The molecule has 1 aromatic carbocycles. The van der Waals surface area contributed by atoms with Crippen LogP contribution in [0.15, 0.2) is 23.0 Å². The third-order valence-corrected chi connectivity index (χ3v) is 3.90. The summed E-state index contributed by atoms with van der Waals surface area (Å²) in [6.45, 7) is 1.72. The molecular formula is C15H14ClN3O3. The van der Waals surface area contributed by atoms with Crippen LogP contribution >= 0.6 is 11.6 Å². The number of nitrogens with zero attached hydrogens (tertiary/aromatic N) is 2. The van der Waals surface area contributed by atoms with Crippen LogP contribution in [0.1, 0.15) is 5.69 Å². The van der Waals surface area contributed by atoms with Crippen molar-refractivity contribution < 1.29 is 9.84 Å². The van der Waals surface area contributed by atoms with Crippen LogP contribution in [0.2, 0.25) is 5.02 Å². The highest BCUT2D eigenvalue weighted by Crippen LogP contribution is 2.34. The number of ether oxygens (including phenoxy) is 1. The molecule has 2 N–H and O–H groups in total. The maximum Gasteiger partial charge on any atom is 0.235 e. The van der Waals surface area contributed by atoms with E-state index >= 15 is 0 Å². The molecule has 114 valence electrons. The molecule has 0 saturated heterocycles. The number of nitrogens with one attached hydrogen (secondary N) is 1. The molecule has 0 radical (unpaired) electrons. The first-order chi connectivity index (χ1) is 10.4. The third-order valence-electron chi connectivity index (χ3n) is 3.59. The fourth-order valence-corrected chi connectivity index (χ4v) is 2.77. The van der Waals surface area contributed by atoms with Gasteiger partial charge in [0.2, 0.25) is 5.43 Å². The zero-order valence-corrected chi connectivity index (χ0v) is 13.0. The highest BCUT2D eigenvalue weighted by molar-refractivity contribution is 6.33. The number of benzene rings is 1. The molecule has 2 heterocycles. The highest BCUT2D eigenvalue weighted by Gasteiger charge is 2.19. The van der Waals surface area contributed by atoms with Gasteiger partial charge in [0.05, 0.1) is 28.9 Å². The van der Waals surface area contributed by atoms with Crippen molar-refractivity contribution in [3.63, 3.8) is 0 Å². The van der Waals surface area contributed by atoms with Gasteiger partial charge >= 0.3 is 0 Å². The molecule has 3 aromatic rings. The zero-order chi connectivity index (χ0) is 16.0. The van der Waals surface area contributed by atoms with Gasteiger partial charge in [-0.25, -0.2) is 0 Å². The number of pyridine rings is 1. The van der Waals surface area contributed by atoms with Crippen molar-refractivity contribution in [3.8, 4) is 22.8 Å². The largest absolute Gasteiger partial charge is 0.503 e. The Bertz CT molecular complexity index is 943. The highest BCUT2D eigenvalue weighted by atomic mass is 35.5. The minimum atomic E-state index is -0.471. The second kappa shape index (κ2) is 5.06. The van der Waals surface area contributed by atoms with Crippen molar-refractivity contribution in [2.45, 2.75) is 6.92 Å². The number of aromatic nitrogens is 3. The van der Waals surface area contributed by atoms with Gasteiger partial charge in [-0.05, 0) is 25.1 Å². The minimum Gasteiger partial charge on any atom is -0.503 e. The van der Waals surface area contributed by atoms with Gasteiger partial charge in [-0.1, -0.05) is 11.6 Å². The maximum atomic E-state index is 12.4. The van der Waals surface area contributed by atoms with Crippen LogP contribution in [0, 0.1) is 6.92 Å². The number of aryl methyl sites for hydroxylation is 2. The van der Waals surface area contributed by atoms with E-state index in [-0.39, 0.29) is 11.4 Å². The van der Waals surface area contributed by atoms with E-state index in [2.05, 4.69) is 10.1 Å². The summed E-state index contributed by atoms with van der Waals surface area (Å²) >= 11 is 6.23. The van der Waals surface area contributed by atoms with Gasteiger partial charge in [0.25, 0.3) is 0 Å². The molecule has 0 atom stereocenters. The van der Waals surface area contributed by atoms with Gasteiger partial charge in [-0.2, -0.15) is 5.10 Å².